The molecule has 5 rings (SSSR count). The third-order valence-corrected chi connectivity index (χ3v) is 7.78. The van der Waals surface area contributed by atoms with Gasteiger partial charge in [-0.05, 0) is 31.4 Å². The maximum Gasteiger partial charge on any atom is 0.245 e. The van der Waals surface area contributed by atoms with Crippen LogP contribution in [0.4, 0.5) is 5.69 Å². The quantitative estimate of drug-likeness (QED) is 0.443. The molecule has 4 saturated heterocycles. The Morgan fingerprint density at radius 2 is 1.89 bits per heavy atom. The molecule has 3 N–H and O–H groups in total. The van der Waals surface area contributed by atoms with Gasteiger partial charge < -0.3 is 30.1 Å². The molecule has 4 aliphatic rings. The van der Waals surface area contributed by atoms with Gasteiger partial charge in [0.1, 0.15) is 11.6 Å². The highest BCUT2D eigenvalue weighted by molar-refractivity contribution is 6.01. The number of amides is 3. The Morgan fingerprint density at radius 3 is 2.63 bits per heavy atom. The molecule has 4 heterocycles. The van der Waals surface area contributed by atoms with Crippen molar-refractivity contribution >= 4 is 23.4 Å². The number of anilines is 1. The van der Waals surface area contributed by atoms with Gasteiger partial charge in [-0.1, -0.05) is 18.2 Å². The van der Waals surface area contributed by atoms with Crippen molar-refractivity contribution in [3.8, 4) is 0 Å². The average molecular weight is 487 g/mol. The summed E-state index contributed by atoms with van der Waals surface area (Å²) in [7, 11) is 0. The molecular formula is C25H34N4O6. The van der Waals surface area contributed by atoms with E-state index in [0.717, 1.165) is 13.1 Å². The number of likely N-dealkylation sites (tertiary alicyclic amines) is 1. The lowest BCUT2D eigenvalue weighted by atomic mass is 9.70. The molecular weight excluding hydrogens is 452 g/mol. The SMILES string of the molecule is O=C(NCCN1CCOCC1)C1N(CCCO)C(=O)[C@@H]2[C@H](C(=O)Nc3ccccc3)[C@@H]3CCC12O3. The molecule has 0 saturated carbocycles. The van der Waals surface area contributed by atoms with E-state index in [1.54, 1.807) is 12.1 Å². The fourth-order valence-corrected chi connectivity index (χ4v) is 6.24. The van der Waals surface area contributed by atoms with Gasteiger partial charge in [-0.15, -0.1) is 0 Å². The summed E-state index contributed by atoms with van der Waals surface area (Å²) in [6, 6.07) is 8.34. The molecule has 1 aromatic carbocycles. The van der Waals surface area contributed by atoms with Crippen LogP contribution in [0.5, 0.6) is 0 Å². The molecule has 10 heteroatoms. The zero-order valence-electron chi connectivity index (χ0n) is 19.9. The van der Waals surface area contributed by atoms with Crippen LogP contribution in [0.2, 0.25) is 0 Å². The summed E-state index contributed by atoms with van der Waals surface area (Å²) < 4.78 is 11.8. The van der Waals surface area contributed by atoms with Gasteiger partial charge >= 0.3 is 0 Å². The highest BCUT2D eigenvalue weighted by atomic mass is 16.5. The second-order valence-corrected chi connectivity index (χ2v) is 9.77. The summed E-state index contributed by atoms with van der Waals surface area (Å²) in [6.07, 6.45) is 1.15. The Hall–Kier alpha value is -2.53. The van der Waals surface area contributed by atoms with Gasteiger partial charge in [0.05, 0.1) is 31.2 Å². The fourth-order valence-electron chi connectivity index (χ4n) is 6.24. The molecule has 2 bridgehead atoms. The average Bonchev–Trinajstić information content (AvgIpc) is 3.51. The van der Waals surface area contributed by atoms with Crippen molar-refractivity contribution in [2.75, 3.05) is 57.9 Å². The number of ether oxygens (including phenoxy) is 2. The molecule has 2 unspecified atom stereocenters. The molecule has 4 aliphatic heterocycles. The Morgan fingerprint density at radius 1 is 1.11 bits per heavy atom. The zero-order chi connectivity index (χ0) is 24.4. The number of fused-ring (bicyclic) bond motifs is 1. The number of hydrogen-bond acceptors (Lipinski definition) is 7. The zero-order valence-corrected chi connectivity index (χ0v) is 19.9. The lowest BCUT2D eigenvalue weighted by Gasteiger charge is -2.34. The highest BCUT2D eigenvalue weighted by Gasteiger charge is 2.74. The molecule has 35 heavy (non-hydrogen) atoms. The normalized spacial score (nSPS) is 32.0. The molecule has 5 atom stereocenters. The Bertz CT molecular complexity index is 939. The van der Waals surface area contributed by atoms with Gasteiger partial charge in [0, 0.05) is 45.0 Å². The van der Waals surface area contributed by atoms with Crippen molar-refractivity contribution in [1.82, 2.24) is 15.1 Å². The predicted octanol–water partition coefficient (Wildman–Crippen LogP) is -0.169. The van der Waals surface area contributed by atoms with Crippen LogP contribution < -0.4 is 10.6 Å². The van der Waals surface area contributed by atoms with Crippen LogP contribution >= 0.6 is 0 Å². The highest BCUT2D eigenvalue weighted by Crippen LogP contribution is 2.58. The monoisotopic (exact) mass is 486 g/mol. The van der Waals surface area contributed by atoms with Crippen molar-refractivity contribution in [3.05, 3.63) is 30.3 Å². The molecule has 1 spiro atoms. The lowest BCUT2D eigenvalue weighted by molar-refractivity contribution is -0.141. The molecule has 10 nitrogen and oxygen atoms in total. The minimum Gasteiger partial charge on any atom is -0.396 e. The fraction of sp³-hybridized carbons (Fsp3) is 0.640. The molecule has 4 fully saturated rings. The van der Waals surface area contributed by atoms with E-state index in [2.05, 4.69) is 15.5 Å². The van der Waals surface area contributed by atoms with Crippen molar-refractivity contribution in [2.45, 2.75) is 37.0 Å². The van der Waals surface area contributed by atoms with Crippen molar-refractivity contribution in [2.24, 2.45) is 11.8 Å². The van der Waals surface area contributed by atoms with Crippen molar-refractivity contribution < 1.29 is 29.0 Å². The maximum atomic E-state index is 13.7. The number of benzene rings is 1. The van der Waals surface area contributed by atoms with E-state index in [1.807, 2.05) is 18.2 Å². The number of hydrogen-bond donors (Lipinski definition) is 3. The summed E-state index contributed by atoms with van der Waals surface area (Å²) >= 11 is 0. The first kappa shape index (κ1) is 24.2. The van der Waals surface area contributed by atoms with E-state index in [0.29, 0.717) is 51.3 Å². The lowest BCUT2D eigenvalue weighted by Crippen LogP contribution is -2.56. The smallest absolute Gasteiger partial charge is 0.245 e. The van der Waals surface area contributed by atoms with Gasteiger partial charge in [0.25, 0.3) is 0 Å². The van der Waals surface area contributed by atoms with Crippen LogP contribution in [0.25, 0.3) is 0 Å². The number of aliphatic hydroxyl groups is 1. The largest absolute Gasteiger partial charge is 0.396 e. The number of nitrogens with zero attached hydrogens (tertiary/aromatic N) is 2. The van der Waals surface area contributed by atoms with E-state index in [9.17, 15) is 19.5 Å². The third-order valence-electron chi connectivity index (χ3n) is 7.78. The van der Waals surface area contributed by atoms with Crippen molar-refractivity contribution in [1.29, 1.82) is 0 Å². The van der Waals surface area contributed by atoms with Gasteiger partial charge in [-0.3, -0.25) is 19.3 Å². The second-order valence-electron chi connectivity index (χ2n) is 9.77. The first-order chi connectivity index (χ1) is 17.0. The molecule has 3 amide bonds. The Balaban J connectivity index is 1.33. The summed E-state index contributed by atoms with van der Waals surface area (Å²) in [5.41, 5.74) is -0.354. The minimum atomic E-state index is -1.01. The Kier molecular flexibility index (Phi) is 7.06. The first-order valence-corrected chi connectivity index (χ1v) is 12.6. The number of carbonyl (C=O) groups excluding carboxylic acids is 3. The Labute approximate surface area is 204 Å². The minimum absolute atomic E-state index is 0.0891. The second kappa shape index (κ2) is 10.2. The molecule has 190 valence electrons. The van der Waals surface area contributed by atoms with E-state index in [-0.39, 0.29) is 30.9 Å². The van der Waals surface area contributed by atoms with E-state index in [4.69, 9.17) is 9.47 Å². The predicted molar refractivity (Wildman–Crippen MR) is 126 cm³/mol. The summed E-state index contributed by atoms with van der Waals surface area (Å²) in [5.74, 6) is -2.10. The van der Waals surface area contributed by atoms with Crippen molar-refractivity contribution in [3.63, 3.8) is 0 Å². The third kappa shape index (κ3) is 4.44. The number of morpholine rings is 1. The van der Waals surface area contributed by atoms with Crippen LogP contribution in [0.3, 0.4) is 0 Å². The van der Waals surface area contributed by atoms with Crippen LogP contribution in [0.15, 0.2) is 30.3 Å². The number of nitrogens with one attached hydrogen (secondary N) is 2. The summed E-state index contributed by atoms with van der Waals surface area (Å²) in [6.45, 7) is 4.35. The number of aliphatic hydroxyl groups excluding tert-OH is 1. The first-order valence-electron chi connectivity index (χ1n) is 12.6. The molecule has 1 aromatic rings. The van der Waals surface area contributed by atoms with E-state index < -0.39 is 29.6 Å². The number of para-hydroxylation sites is 1. The molecule has 0 aromatic heterocycles. The summed E-state index contributed by atoms with van der Waals surface area (Å²) in [5, 5.41) is 15.4. The van der Waals surface area contributed by atoms with E-state index >= 15 is 0 Å². The van der Waals surface area contributed by atoms with Gasteiger partial charge in [-0.25, -0.2) is 0 Å². The van der Waals surface area contributed by atoms with Gasteiger partial charge in [-0.2, -0.15) is 0 Å². The van der Waals surface area contributed by atoms with Gasteiger partial charge in [0.2, 0.25) is 17.7 Å². The van der Waals surface area contributed by atoms with E-state index in [1.165, 1.54) is 4.90 Å². The summed E-state index contributed by atoms with van der Waals surface area (Å²) in [4.78, 5) is 44.3. The topological polar surface area (TPSA) is 120 Å². The standard InChI is InChI=1S/C25H34N4O6/c30-14-4-10-29-21(23(32)26-9-11-28-12-15-34-16-13-28)25-8-7-18(35-25)19(20(25)24(29)33)22(31)27-17-5-2-1-3-6-17/h1-3,5-6,18-21,30H,4,7-16H2,(H,26,32)(H,27,31)/t18-,19+,20-,21?,25?/m0/s1. The number of carbonyl (C=O) groups is 3. The maximum absolute atomic E-state index is 13.7. The van der Waals surface area contributed by atoms with Crippen LogP contribution in [0, 0.1) is 11.8 Å². The molecule has 0 aliphatic carbocycles. The molecule has 0 radical (unpaired) electrons. The van der Waals surface area contributed by atoms with Crippen LogP contribution in [0.1, 0.15) is 19.3 Å². The number of rotatable bonds is 9. The van der Waals surface area contributed by atoms with Crippen LogP contribution in [-0.4, -0.2) is 103 Å². The van der Waals surface area contributed by atoms with Gasteiger partial charge in [0.15, 0.2) is 0 Å². The van der Waals surface area contributed by atoms with Crippen LogP contribution in [-0.2, 0) is 23.9 Å².